The van der Waals surface area contributed by atoms with Gasteiger partial charge in [0.05, 0.1) is 10.6 Å². The summed E-state index contributed by atoms with van der Waals surface area (Å²) in [6.45, 7) is 9.32. The number of carbonyl (C=O) groups is 2. The van der Waals surface area contributed by atoms with Crippen molar-refractivity contribution in [2.24, 2.45) is 0 Å². The molecule has 3 aromatic rings. The maximum absolute atomic E-state index is 14.1. The Bertz CT molecular complexity index is 1440. The number of amides is 2. The summed E-state index contributed by atoms with van der Waals surface area (Å²) in [6.07, 6.45) is 2.01. The van der Waals surface area contributed by atoms with Crippen molar-refractivity contribution >= 4 is 27.5 Å². The summed E-state index contributed by atoms with van der Waals surface area (Å²) in [6, 6.07) is 16.8. The van der Waals surface area contributed by atoms with Crippen LogP contribution in [0, 0.1) is 26.6 Å². The smallest absolute Gasteiger partial charge is 0.264 e. The minimum Gasteiger partial charge on any atom is -0.354 e. The standard InChI is InChI=1S/C32H40FN3O4S/c1-6-8-19-34-32(38)29(7-2)35(21-26-13-15-27(33)16-14-26)31(37)22-36(30-20-24(4)9-12-25(30)5)41(39,40)28-17-10-23(3)11-18-28/h9-18,20,29H,6-8,19,21-22H2,1-5H3,(H,34,38)/t29-/m0/s1. The third kappa shape index (κ3) is 8.16. The lowest BCUT2D eigenvalue weighted by molar-refractivity contribution is -0.140. The Balaban J connectivity index is 2.07. The Morgan fingerprint density at radius 2 is 1.54 bits per heavy atom. The lowest BCUT2D eigenvalue weighted by Crippen LogP contribution is -2.52. The molecule has 1 atom stereocenters. The molecule has 0 heterocycles. The van der Waals surface area contributed by atoms with E-state index < -0.39 is 34.3 Å². The summed E-state index contributed by atoms with van der Waals surface area (Å²) < 4.78 is 42.9. The number of hydrogen-bond acceptors (Lipinski definition) is 4. The van der Waals surface area contributed by atoms with E-state index in [0.29, 0.717) is 29.8 Å². The van der Waals surface area contributed by atoms with E-state index >= 15 is 0 Å². The molecule has 0 radical (unpaired) electrons. The summed E-state index contributed by atoms with van der Waals surface area (Å²) in [7, 11) is -4.15. The molecule has 3 aromatic carbocycles. The van der Waals surface area contributed by atoms with Crippen LogP contribution in [-0.4, -0.2) is 44.3 Å². The Hall–Kier alpha value is -3.72. The van der Waals surface area contributed by atoms with Gasteiger partial charge in [0.1, 0.15) is 18.4 Å². The van der Waals surface area contributed by atoms with Gasteiger partial charge in [0.15, 0.2) is 0 Å². The van der Waals surface area contributed by atoms with Crippen molar-refractivity contribution in [3.05, 3.63) is 94.8 Å². The number of nitrogens with zero attached hydrogens (tertiary/aromatic N) is 2. The number of aryl methyl sites for hydroxylation is 3. The van der Waals surface area contributed by atoms with E-state index in [9.17, 15) is 22.4 Å². The second kappa shape index (κ2) is 14.3. The molecule has 0 unspecified atom stereocenters. The molecule has 1 N–H and O–H groups in total. The van der Waals surface area contributed by atoms with Gasteiger partial charge in [0.2, 0.25) is 11.8 Å². The molecule has 0 fully saturated rings. The number of hydrogen-bond donors (Lipinski definition) is 1. The van der Waals surface area contributed by atoms with Crippen molar-refractivity contribution in [2.45, 2.75) is 71.4 Å². The van der Waals surface area contributed by atoms with Gasteiger partial charge in [0, 0.05) is 13.1 Å². The third-order valence-corrected chi connectivity index (χ3v) is 8.78. The summed E-state index contributed by atoms with van der Waals surface area (Å²) >= 11 is 0. The van der Waals surface area contributed by atoms with Crippen molar-refractivity contribution in [2.75, 3.05) is 17.4 Å². The van der Waals surface area contributed by atoms with E-state index in [0.717, 1.165) is 28.3 Å². The van der Waals surface area contributed by atoms with Crippen LogP contribution in [0.2, 0.25) is 0 Å². The van der Waals surface area contributed by atoms with Crippen LogP contribution in [0.25, 0.3) is 0 Å². The first-order chi connectivity index (χ1) is 19.5. The second-order valence-electron chi connectivity index (χ2n) is 10.3. The summed E-state index contributed by atoms with van der Waals surface area (Å²) in [5.41, 5.74) is 3.45. The van der Waals surface area contributed by atoms with Crippen LogP contribution >= 0.6 is 0 Å². The molecule has 0 bridgehead atoms. The van der Waals surface area contributed by atoms with Crippen LogP contribution in [-0.2, 0) is 26.2 Å². The monoisotopic (exact) mass is 581 g/mol. The van der Waals surface area contributed by atoms with Gasteiger partial charge in [-0.05, 0) is 80.6 Å². The highest BCUT2D eigenvalue weighted by molar-refractivity contribution is 7.92. The van der Waals surface area contributed by atoms with E-state index in [4.69, 9.17) is 0 Å². The molecule has 0 spiro atoms. The van der Waals surface area contributed by atoms with E-state index in [1.807, 2.05) is 32.9 Å². The highest BCUT2D eigenvalue weighted by Crippen LogP contribution is 2.29. The minimum absolute atomic E-state index is 0.0179. The van der Waals surface area contributed by atoms with Gasteiger partial charge in [-0.1, -0.05) is 62.2 Å². The number of unbranched alkanes of at least 4 members (excludes halogenated alkanes) is 1. The number of halogens is 1. The quantitative estimate of drug-likeness (QED) is 0.264. The average molecular weight is 582 g/mol. The van der Waals surface area contributed by atoms with Crippen LogP contribution in [0.3, 0.4) is 0 Å². The molecule has 0 aliphatic heterocycles. The molecule has 9 heteroatoms. The number of nitrogens with one attached hydrogen (secondary N) is 1. The average Bonchev–Trinajstić information content (AvgIpc) is 2.94. The van der Waals surface area contributed by atoms with Crippen LogP contribution in [0.1, 0.15) is 55.4 Å². The molecule has 7 nitrogen and oxygen atoms in total. The summed E-state index contributed by atoms with van der Waals surface area (Å²) in [4.78, 5) is 28.8. The molecule has 41 heavy (non-hydrogen) atoms. The Morgan fingerprint density at radius 1 is 0.902 bits per heavy atom. The van der Waals surface area contributed by atoms with Crippen LogP contribution in [0.5, 0.6) is 0 Å². The van der Waals surface area contributed by atoms with Crippen molar-refractivity contribution in [3.63, 3.8) is 0 Å². The fourth-order valence-corrected chi connectivity index (χ4v) is 6.02. The molecule has 0 aliphatic rings. The third-order valence-electron chi connectivity index (χ3n) is 7.00. The van der Waals surface area contributed by atoms with E-state index in [1.165, 1.54) is 29.2 Å². The molecule has 0 saturated heterocycles. The summed E-state index contributed by atoms with van der Waals surface area (Å²) in [5.74, 6) is -1.26. The van der Waals surface area contributed by atoms with Gasteiger partial charge in [-0.25, -0.2) is 12.8 Å². The zero-order valence-corrected chi connectivity index (χ0v) is 25.3. The van der Waals surface area contributed by atoms with Crippen molar-refractivity contribution in [1.82, 2.24) is 10.2 Å². The van der Waals surface area contributed by atoms with Crippen LogP contribution < -0.4 is 9.62 Å². The normalized spacial score (nSPS) is 12.0. The fraction of sp³-hybridized carbons (Fsp3) is 0.375. The number of benzene rings is 3. The van der Waals surface area contributed by atoms with Gasteiger partial charge in [-0.2, -0.15) is 0 Å². The second-order valence-corrected chi connectivity index (χ2v) is 12.2. The molecule has 220 valence electrons. The maximum Gasteiger partial charge on any atom is 0.264 e. The first-order valence-corrected chi connectivity index (χ1v) is 15.4. The molecular weight excluding hydrogens is 541 g/mol. The van der Waals surface area contributed by atoms with E-state index in [1.54, 1.807) is 44.2 Å². The van der Waals surface area contributed by atoms with Crippen molar-refractivity contribution in [1.29, 1.82) is 0 Å². The lowest BCUT2D eigenvalue weighted by atomic mass is 10.1. The predicted octanol–water partition coefficient (Wildman–Crippen LogP) is 5.67. The van der Waals surface area contributed by atoms with Crippen LogP contribution in [0.15, 0.2) is 71.6 Å². The van der Waals surface area contributed by atoms with Gasteiger partial charge in [-0.15, -0.1) is 0 Å². The Kier molecular flexibility index (Phi) is 11.1. The maximum atomic E-state index is 14.1. The first kappa shape index (κ1) is 31.8. The predicted molar refractivity (Wildman–Crippen MR) is 161 cm³/mol. The zero-order valence-electron chi connectivity index (χ0n) is 24.5. The molecule has 2 amide bonds. The molecule has 0 aromatic heterocycles. The molecule has 3 rings (SSSR count). The Morgan fingerprint density at radius 3 is 2.15 bits per heavy atom. The SMILES string of the molecule is CCCCNC(=O)[C@H](CC)N(Cc1ccc(F)cc1)C(=O)CN(c1cc(C)ccc1C)S(=O)(=O)c1ccc(C)cc1. The molecule has 0 aliphatic carbocycles. The number of rotatable bonds is 13. The van der Waals surface area contributed by atoms with Crippen molar-refractivity contribution < 1.29 is 22.4 Å². The lowest BCUT2D eigenvalue weighted by Gasteiger charge is -2.33. The molecule has 0 saturated carbocycles. The Labute approximate surface area is 243 Å². The largest absolute Gasteiger partial charge is 0.354 e. The fourth-order valence-electron chi connectivity index (χ4n) is 4.55. The summed E-state index contributed by atoms with van der Waals surface area (Å²) in [5, 5.41) is 2.90. The van der Waals surface area contributed by atoms with E-state index in [-0.39, 0.29) is 17.3 Å². The topological polar surface area (TPSA) is 86.8 Å². The van der Waals surface area contributed by atoms with Gasteiger partial charge in [-0.3, -0.25) is 13.9 Å². The highest BCUT2D eigenvalue weighted by Gasteiger charge is 2.34. The van der Waals surface area contributed by atoms with Crippen molar-refractivity contribution in [3.8, 4) is 0 Å². The highest BCUT2D eigenvalue weighted by atomic mass is 32.2. The van der Waals surface area contributed by atoms with E-state index in [2.05, 4.69) is 5.32 Å². The van der Waals surface area contributed by atoms with Crippen LogP contribution in [0.4, 0.5) is 10.1 Å². The first-order valence-electron chi connectivity index (χ1n) is 14.0. The van der Waals surface area contributed by atoms with Gasteiger partial charge < -0.3 is 10.2 Å². The molecular formula is C32H40FN3O4S. The number of anilines is 1. The minimum atomic E-state index is -4.15. The number of carbonyl (C=O) groups excluding carboxylic acids is 2. The van der Waals surface area contributed by atoms with Gasteiger partial charge in [0.25, 0.3) is 10.0 Å². The zero-order chi connectivity index (χ0) is 30.2. The number of sulfonamides is 1. The van der Waals surface area contributed by atoms with Gasteiger partial charge >= 0.3 is 0 Å².